The third-order valence-corrected chi connectivity index (χ3v) is 4.00. The van der Waals surface area contributed by atoms with E-state index in [9.17, 15) is 0 Å². The standard InChI is InChI=1S/C16H21N3/c1-10(2)12-4-6-13(7-5-12)14-11(3)18-15(19-14)16(17)8-9-16/h4-7,10H,8-9,17H2,1-3H3,(H,18,19). The number of H-pyrrole nitrogens is 1. The van der Waals surface area contributed by atoms with Gasteiger partial charge in [-0.2, -0.15) is 0 Å². The van der Waals surface area contributed by atoms with Gasteiger partial charge in [0.05, 0.1) is 11.2 Å². The lowest BCUT2D eigenvalue weighted by molar-refractivity contribution is 0.684. The van der Waals surface area contributed by atoms with Crippen molar-refractivity contribution < 1.29 is 0 Å². The average molecular weight is 255 g/mol. The number of aromatic amines is 1. The van der Waals surface area contributed by atoms with Crippen LogP contribution in [0.1, 0.15) is 49.7 Å². The summed E-state index contributed by atoms with van der Waals surface area (Å²) in [7, 11) is 0. The summed E-state index contributed by atoms with van der Waals surface area (Å²) >= 11 is 0. The molecule has 3 heteroatoms. The summed E-state index contributed by atoms with van der Waals surface area (Å²) < 4.78 is 0. The molecule has 1 heterocycles. The van der Waals surface area contributed by atoms with Gasteiger partial charge in [-0.15, -0.1) is 0 Å². The Kier molecular flexibility index (Phi) is 2.75. The number of hydrogen-bond acceptors (Lipinski definition) is 2. The van der Waals surface area contributed by atoms with Crippen molar-refractivity contribution in [1.29, 1.82) is 0 Å². The summed E-state index contributed by atoms with van der Waals surface area (Å²) in [6.07, 6.45) is 2.07. The third-order valence-electron chi connectivity index (χ3n) is 4.00. The molecule has 3 nitrogen and oxygen atoms in total. The molecule has 1 aliphatic carbocycles. The zero-order valence-electron chi connectivity index (χ0n) is 11.8. The van der Waals surface area contributed by atoms with E-state index in [-0.39, 0.29) is 5.54 Å². The van der Waals surface area contributed by atoms with Crippen molar-refractivity contribution in [3.8, 4) is 11.3 Å². The first-order chi connectivity index (χ1) is 8.99. The minimum atomic E-state index is -0.194. The molecule has 0 saturated heterocycles. The van der Waals surface area contributed by atoms with Crippen LogP contribution < -0.4 is 5.73 Å². The SMILES string of the molecule is Cc1[nH]c(C2(N)CC2)nc1-c1ccc(C(C)C)cc1. The molecule has 2 aromatic rings. The van der Waals surface area contributed by atoms with Crippen molar-refractivity contribution >= 4 is 0 Å². The van der Waals surface area contributed by atoms with Crippen molar-refractivity contribution in [3.05, 3.63) is 41.3 Å². The highest BCUT2D eigenvalue weighted by Gasteiger charge is 2.43. The number of benzene rings is 1. The summed E-state index contributed by atoms with van der Waals surface area (Å²) in [6, 6.07) is 8.67. The summed E-state index contributed by atoms with van der Waals surface area (Å²) in [4.78, 5) is 8.05. The van der Waals surface area contributed by atoms with Crippen molar-refractivity contribution in [1.82, 2.24) is 9.97 Å². The maximum Gasteiger partial charge on any atom is 0.127 e. The van der Waals surface area contributed by atoms with E-state index in [1.165, 1.54) is 5.56 Å². The largest absolute Gasteiger partial charge is 0.344 e. The summed E-state index contributed by atoms with van der Waals surface area (Å²) in [5.41, 5.74) is 10.7. The lowest BCUT2D eigenvalue weighted by atomic mass is 10.0. The number of imidazole rings is 1. The molecular weight excluding hydrogens is 234 g/mol. The van der Waals surface area contributed by atoms with Crippen molar-refractivity contribution in [2.24, 2.45) is 5.73 Å². The predicted molar refractivity (Wildman–Crippen MR) is 77.9 cm³/mol. The molecule has 1 aliphatic rings. The fraction of sp³-hybridized carbons (Fsp3) is 0.438. The molecule has 1 aromatic carbocycles. The molecule has 0 atom stereocenters. The maximum absolute atomic E-state index is 6.20. The lowest BCUT2D eigenvalue weighted by Crippen LogP contribution is -2.20. The predicted octanol–water partition coefficient (Wildman–Crippen LogP) is 3.46. The van der Waals surface area contributed by atoms with E-state index >= 15 is 0 Å². The van der Waals surface area contributed by atoms with E-state index in [1.54, 1.807) is 0 Å². The third kappa shape index (κ3) is 2.19. The molecule has 100 valence electrons. The second-order valence-electron chi connectivity index (χ2n) is 5.99. The van der Waals surface area contributed by atoms with Gasteiger partial charge in [-0.25, -0.2) is 4.98 Å². The molecule has 0 spiro atoms. The smallest absolute Gasteiger partial charge is 0.127 e. The topological polar surface area (TPSA) is 54.7 Å². The van der Waals surface area contributed by atoms with Crippen LogP contribution in [0.3, 0.4) is 0 Å². The highest BCUT2D eigenvalue weighted by atomic mass is 15.0. The Hall–Kier alpha value is -1.61. The zero-order chi connectivity index (χ0) is 13.6. The monoisotopic (exact) mass is 255 g/mol. The molecule has 1 fully saturated rings. The highest BCUT2D eigenvalue weighted by molar-refractivity contribution is 5.62. The molecule has 3 N–H and O–H groups in total. The van der Waals surface area contributed by atoms with Gasteiger partial charge < -0.3 is 10.7 Å². The van der Waals surface area contributed by atoms with E-state index in [0.29, 0.717) is 5.92 Å². The fourth-order valence-corrected chi connectivity index (χ4v) is 2.37. The summed E-state index contributed by atoms with van der Waals surface area (Å²) in [6.45, 7) is 6.48. The number of rotatable bonds is 3. The van der Waals surface area contributed by atoms with Crippen LogP contribution in [-0.2, 0) is 5.54 Å². The Labute approximate surface area is 114 Å². The minimum absolute atomic E-state index is 0.194. The van der Waals surface area contributed by atoms with Crippen molar-refractivity contribution in [2.45, 2.75) is 45.1 Å². The normalized spacial score (nSPS) is 16.9. The number of nitrogens with zero attached hydrogens (tertiary/aromatic N) is 1. The summed E-state index contributed by atoms with van der Waals surface area (Å²) in [5, 5.41) is 0. The van der Waals surface area contributed by atoms with Gasteiger partial charge in [-0.1, -0.05) is 38.1 Å². The van der Waals surface area contributed by atoms with Gasteiger partial charge in [-0.05, 0) is 31.2 Å². The van der Waals surface area contributed by atoms with Crippen LogP contribution in [-0.4, -0.2) is 9.97 Å². The molecule has 3 rings (SSSR count). The molecule has 1 aromatic heterocycles. The Morgan fingerprint density at radius 2 is 1.84 bits per heavy atom. The van der Waals surface area contributed by atoms with Gasteiger partial charge in [-0.3, -0.25) is 0 Å². The number of nitrogens with one attached hydrogen (secondary N) is 1. The quantitative estimate of drug-likeness (QED) is 0.882. The van der Waals surface area contributed by atoms with Crippen LogP contribution in [0.5, 0.6) is 0 Å². The second kappa shape index (κ2) is 4.20. The van der Waals surface area contributed by atoms with Crippen LogP contribution >= 0.6 is 0 Å². The number of aryl methyl sites for hydroxylation is 1. The zero-order valence-corrected chi connectivity index (χ0v) is 11.8. The Morgan fingerprint density at radius 1 is 1.21 bits per heavy atom. The van der Waals surface area contributed by atoms with Gasteiger partial charge in [0.15, 0.2) is 0 Å². The Morgan fingerprint density at radius 3 is 2.37 bits per heavy atom. The highest BCUT2D eigenvalue weighted by Crippen LogP contribution is 2.42. The molecule has 19 heavy (non-hydrogen) atoms. The van der Waals surface area contributed by atoms with E-state index < -0.39 is 0 Å². The first-order valence-corrected chi connectivity index (χ1v) is 6.96. The molecule has 0 unspecified atom stereocenters. The van der Waals surface area contributed by atoms with Crippen LogP contribution in [0.15, 0.2) is 24.3 Å². The van der Waals surface area contributed by atoms with Gasteiger partial charge in [0.2, 0.25) is 0 Å². The van der Waals surface area contributed by atoms with E-state index in [2.05, 4.69) is 50.0 Å². The minimum Gasteiger partial charge on any atom is -0.344 e. The summed E-state index contributed by atoms with van der Waals surface area (Å²) in [5.74, 6) is 1.50. The molecular formula is C16H21N3. The van der Waals surface area contributed by atoms with Crippen molar-refractivity contribution in [3.63, 3.8) is 0 Å². The van der Waals surface area contributed by atoms with E-state index in [1.807, 2.05) is 0 Å². The van der Waals surface area contributed by atoms with Crippen LogP contribution in [0.2, 0.25) is 0 Å². The molecule has 0 radical (unpaired) electrons. The molecule has 1 saturated carbocycles. The molecule has 0 amide bonds. The van der Waals surface area contributed by atoms with Gasteiger partial charge in [0.1, 0.15) is 5.82 Å². The first kappa shape index (κ1) is 12.4. The molecule has 0 bridgehead atoms. The van der Waals surface area contributed by atoms with Gasteiger partial charge in [0, 0.05) is 11.3 Å². The number of aromatic nitrogens is 2. The van der Waals surface area contributed by atoms with E-state index in [0.717, 1.165) is 35.6 Å². The Bertz CT molecular complexity index is 589. The average Bonchev–Trinajstić information content (AvgIpc) is 3.01. The van der Waals surface area contributed by atoms with Gasteiger partial charge in [0.25, 0.3) is 0 Å². The Balaban J connectivity index is 1.95. The van der Waals surface area contributed by atoms with E-state index in [4.69, 9.17) is 10.7 Å². The van der Waals surface area contributed by atoms with Crippen LogP contribution in [0, 0.1) is 6.92 Å². The number of nitrogens with two attached hydrogens (primary N) is 1. The maximum atomic E-state index is 6.20. The first-order valence-electron chi connectivity index (χ1n) is 6.96. The van der Waals surface area contributed by atoms with Gasteiger partial charge >= 0.3 is 0 Å². The number of hydrogen-bond donors (Lipinski definition) is 2. The fourth-order valence-electron chi connectivity index (χ4n) is 2.37. The van der Waals surface area contributed by atoms with Crippen LogP contribution in [0.25, 0.3) is 11.3 Å². The lowest BCUT2D eigenvalue weighted by Gasteiger charge is -2.06. The van der Waals surface area contributed by atoms with Crippen LogP contribution in [0.4, 0.5) is 0 Å². The second-order valence-corrected chi connectivity index (χ2v) is 5.99. The molecule has 0 aliphatic heterocycles. The van der Waals surface area contributed by atoms with Crippen molar-refractivity contribution in [2.75, 3.05) is 0 Å².